The Bertz CT molecular complexity index is 85.6. The molecule has 0 saturated carbocycles. The molecule has 1 nitrogen and oxygen atoms in total. The lowest BCUT2D eigenvalue weighted by Gasteiger charge is -2.23. The van der Waals surface area contributed by atoms with Crippen molar-refractivity contribution in [1.82, 2.24) is 4.90 Å². The van der Waals surface area contributed by atoms with E-state index in [0.717, 1.165) is 11.8 Å². The maximum absolute atomic E-state index is 4.19. The summed E-state index contributed by atoms with van der Waals surface area (Å²) in [6, 6.07) is 0.736. The lowest BCUT2D eigenvalue weighted by Crippen LogP contribution is -2.29. The molecule has 68 valence electrons. The van der Waals surface area contributed by atoms with Crippen LogP contribution < -0.4 is 0 Å². The van der Waals surface area contributed by atoms with Crippen molar-refractivity contribution in [1.29, 1.82) is 0 Å². The summed E-state index contributed by atoms with van der Waals surface area (Å²) in [4.78, 5) is 2.42. The van der Waals surface area contributed by atoms with E-state index in [4.69, 9.17) is 0 Å². The van der Waals surface area contributed by atoms with Crippen LogP contribution in [-0.4, -0.2) is 30.3 Å². The van der Waals surface area contributed by atoms with Gasteiger partial charge in [-0.1, -0.05) is 13.3 Å². The normalized spacial score (nSPS) is 13.9. The number of nitrogens with zero attached hydrogens (tertiary/aromatic N) is 1. The van der Waals surface area contributed by atoms with Crippen LogP contribution in [0.1, 0.15) is 33.1 Å². The summed E-state index contributed by atoms with van der Waals surface area (Å²) in [5.74, 6) is 1.00. The average Bonchev–Trinajstić information content (AvgIpc) is 2.00. The SMILES string of the molecule is CCCC(C)N(C)CCCS. The molecule has 2 heteroatoms. The first-order chi connectivity index (χ1) is 5.22. The minimum absolute atomic E-state index is 0.736. The summed E-state index contributed by atoms with van der Waals surface area (Å²) in [5, 5.41) is 0. The van der Waals surface area contributed by atoms with Gasteiger partial charge in [-0.05, 0) is 39.1 Å². The van der Waals surface area contributed by atoms with Crippen molar-refractivity contribution in [2.45, 2.75) is 39.2 Å². The Morgan fingerprint density at radius 1 is 1.45 bits per heavy atom. The summed E-state index contributed by atoms with van der Waals surface area (Å²) in [5.41, 5.74) is 0. The van der Waals surface area contributed by atoms with Gasteiger partial charge in [0.1, 0.15) is 0 Å². The van der Waals surface area contributed by atoms with E-state index >= 15 is 0 Å². The van der Waals surface area contributed by atoms with E-state index < -0.39 is 0 Å². The zero-order chi connectivity index (χ0) is 8.69. The van der Waals surface area contributed by atoms with E-state index in [-0.39, 0.29) is 0 Å². The molecular weight excluding hydrogens is 154 g/mol. The molecule has 0 aromatic heterocycles. The van der Waals surface area contributed by atoms with Crippen molar-refractivity contribution < 1.29 is 0 Å². The Hall–Kier alpha value is 0.310. The molecular formula is C9H21NS. The van der Waals surface area contributed by atoms with Gasteiger partial charge < -0.3 is 4.90 Å². The average molecular weight is 175 g/mol. The first-order valence-electron chi connectivity index (χ1n) is 4.53. The van der Waals surface area contributed by atoms with Gasteiger partial charge in [-0.15, -0.1) is 0 Å². The molecule has 0 radical (unpaired) electrons. The van der Waals surface area contributed by atoms with Gasteiger partial charge in [0.15, 0.2) is 0 Å². The Labute approximate surface area is 76.6 Å². The number of hydrogen-bond donors (Lipinski definition) is 1. The Kier molecular flexibility index (Phi) is 7.18. The van der Waals surface area contributed by atoms with E-state index in [1.807, 2.05) is 0 Å². The predicted molar refractivity (Wildman–Crippen MR) is 55.5 cm³/mol. The van der Waals surface area contributed by atoms with E-state index in [9.17, 15) is 0 Å². The second-order valence-electron chi connectivity index (χ2n) is 3.20. The predicted octanol–water partition coefficient (Wildman–Crippen LogP) is 2.43. The summed E-state index contributed by atoms with van der Waals surface area (Å²) in [7, 11) is 2.20. The maximum Gasteiger partial charge on any atom is 0.00637 e. The highest BCUT2D eigenvalue weighted by Gasteiger charge is 2.05. The maximum atomic E-state index is 4.19. The highest BCUT2D eigenvalue weighted by Crippen LogP contribution is 2.04. The topological polar surface area (TPSA) is 3.24 Å². The molecule has 0 rings (SSSR count). The van der Waals surface area contributed by atoms with E-state index in [2.05, 4.69) is 38.4 Å². The summed E-state index contributed by atoms with van der Waals surface area (Å²) in [6.07, 6.45) is 3.79. The molecule has 0 heterocycles. The van der Waals surface area contributed by atoms with Crippen molar-refractivity contribution in [2.75, 3.05) is 19.3 Å². The minimum Gasteiger partial charge on any atom is -0.304 e. The summed E-state index contributed by atoms with van der Waals surface area (Å²) in [6.45, 7) is 5.72. The molecule has 0 amide bonds. The second-order valence-corrected chi connectivity index (χ2v) is 3.64. The highest BCUT2D eigenvalue weighted by molar-refractivity contribution is 7.80. The van der Waals surface area contributed by atoms with Crippen LogP contribution in [-0.2, 0) is 0 Å². The van der Waals surface area contributed by atoms with Gasteiger partial charge in [0, 0.05) is 6.04 Å². The van der Waals surface area contributed by atoms with Crippen molar-refractivity contribution in [2.24, 2.45) is 0 Å². The standard InChI is InChI=1S/C9H21NS/c1-4-6-9(2)10(3)7-5-8-11/h9,11H,4-8H2,1-3H3. The molecule has 0 aliphatic rings. The first-order valence-corrected chi connectivity index (χ1v) is 5.16. The first kappa shape index (κ1) is 11.3. The van der Waals surface area contributed by atoms with Gasteiger partial charge >= 0.3 is 0 Å². The number of rotatable bonds is 6. The van der Waals surface area contributed by atoms with Crippen LogP contribution in [0.25, 0.3) is 0 Å². The summed E-state index contributed by atoms with van der Waals surface area (Å²) >= 11 is 4.19. The molecule has 0 N–H and O–H groups in total. The summed E-state index contributed by atoms with van der Waals surface area (Å²) < 4.78 is 0. The smallest absolute Gasteiger partial charge is 0.00637 e. The zero-order valence-corrected chi connectivity index (χ0v) is 8.90. The molecule has 11 heavy (non-hydrogen) atoms. The van der Waals surface area contributed by atoms with Gasteiger partial charge in [-0.25, -0.2) is 0 Å². The molecule has 0 fully saturated rings. The van der Waals surface area contributed by atoms with Gasteiger partial charge in [0.05, 0.1) is 0 Å². The van der Waals surface area contributed by atoms with Crippen LogP contribution in [0.3, 0.4) is 0 Å². The highest BCUT2D eigenvalue weighted by atomic mass is 32.1. The fourth-order valence-corrected chi connectivity index (χ4v) is 1.32. The molecule has 0 bridgehead atoms. The fourth-order valence-electron chi connectivity index (χ4n) is 1.18. The van der Waals surface area contributed by atoms with Gasteiger partial charge in [-0.2, -0.15) is 12.6 Å². The van der Waals surface area contributed by atoms with Crippen LogP contribution in [0.2, 0.25) is 0 Å². The van der Waals surface area contributed by atoms with Crippen LogP contribution in [0.15, 0.2) is 0 Å². The number of hydrogen-bond acceptors (Lipinski definition) is 2. The van der Waals surface area contributed by atoms with Crippen LogP contribution in [0.5, 0.6) is 0 Å². The minimum atomic E-state index is 0.736. The van der Waals surface area contributed by atoms with Crippen LogP contribution in [0.4, 0.5) is 0 Å². The van der Waals surface area contributed by atoms with Gasteiger partial charge in [0.25, 0.3) is 0 Å². The molecule has 1 atom stereocenters. The zero-order valence-electron chi connectivity index (χ0n) is 8.01. The van der Waals surface area contributed by atoms with E-state index in [1.54, 1.807) is 0 Å². The monoisotopic (exact) mass is 175 g/mol. The molecule has 0 aromatic carbocycles. The third-order valence-corrected chi connectivity index (χ3v) is 2.44. The molecule has 0 spiro atoms. The van der Waals surface area contributed by atoms with E-state index in [0.29, 0.717) is 0 Å². The largest absolute Gasteiger partial charge is 0.304 e. The van der Waals surface area contributed by atoms with Crippen molar-refractivity contribution in [3.05, 3.63) is 0 Å². The van der Waals surface area contributed by atoms with Gasteiger partial charge in [-0.3, -0.25) is 0 Å². The Balaban J connectivity index is 3.38. The van der Waals surface area contributed by atoms with Crippen molar-refractivity contribution in [3.8, 4) is 0 Å². The third-order valence-electron chi connectivity index (χ3n) is 2.13. The molecule has 0 aliphatic carbocycles. The van der Waals surface area contributed by atoms with Gasteiger partial charge in [0.2, 0.25) is 0 Å². The Morgan fingerprint density at radius 3 is 2.55 bits per heavy atom. The lowest BCUT2D eigenvalue weighted by molar-refractivity contribution is 0.246. The quantitative estimate of drug-likeness (QED) is 0.607. The number of thiol groups is 1. The molecule has 1 unspecified atom stereocenters. The fraction of sp³-hybridized carbons (Fsp3) is 1.00. The van der Waals surface area contributed by atoms with Crippen LogP contribution in [0, 0.1) is 0 Å². The molecule has 0 saturated heterocycles. The van der Waals surface area contributed by atoms with Crippen molar-refractivity contribution >= 4 is 12.6 Å². The van der Waals surface area contributed by atoms with E-state index in [1.165, 1.54) is 25.8 Å². The van der Waals surface area contributed by atoms with Crippen molar-refractivity contribution in [3.63, 3.8) is 0 Å². The second kappa shape index (κ2) is 6.99. The van der Waals surface area contributed by atoms with Crippen LogP contribution >= 0.6 is 12.6 Å². The molecule has 0 aromatic rings. The lowest BCUT2D eigenvalue weighted by atomic mass is 10.2. The third kappa shape index (κ3) is 5.57. The molecule has 0 aliphatic heterocycles. The Morgan fingerprint density at radius 2 is 2.09 bits per heavy atom.